The summed E-state index contributed by atoms with van der Waals surface area (Å²) in [7, 11) is 0. The van der Waals surface area contributed by atoms with E-state index in [1.165, 1.54) is 11.1 Å². The summed E-state index contributed by atoms with van der Waals surface area (Å²) in [5.74, 6) is 0.361. The molecule has 3 rings (SSSR count). The second kappa shape index (κ2) is 3.59. The SMILES string of the molecule is Oc1ccc2c(c1)CCC2Nn1cccc1. The molecule has 0 spiro atoms. The van der Waals surface area contributed by atoms with Gasteiger partial charge in [0, 0.05) is 12.4 Å². The summed E-state index contributed by atoms with van der Waals surface area (Å²) in [6.07, 6.45) is 6.11. The smallest absolute Gasteiger partial charge is 0.115 e. The predicted octanol–water partition coefficient (Wildman–Crippen LogP) is 2.42. The van der Waals surface area contributed by atoms with Crippen LogP contribution in [0.5, 0.6) is 5.75 Å². The summed E-state index contributed by atoms with van der Waals surface area (Å²) in [5.41, 5.74) is 5.98. The van der Waals surface area contributed by atoms with E-state index in [0.29, 0.717) is 11.8 Å². The Bertz CT molecular complexity index is 491. The highest BCUT2D eigenvalue weighted by Crippen LogP contribution is 2.33. The minimum absolute atomic E-state index is 0.350. The maximum atomic E-state index is 9.41. The minimum atomic E-state index is 0.350. The zero-order valence-corrected chi connectivity index (χ0v) is 8.93. The molecule has 0 saturated heterocycles. The average molecular weight is 214 g/mol. The van der Waals surface area contributed by atoms with Gasteiger partial charge in [-0.15, -0.1) is 0 Å². The van der Waals surface area contributed by atoms with E-state index in [1.807, 2.05) is 41.3 Å². The first-order valence-electron chi connectivity index (χ1n) is 5.54. The van der Waals surface area contributed by atoms with Crippen LogP contribution in [0.1, 0.15) is 23.6 Å². The number of aromatic hydroxyl groups is 1. The molecule has 1 aliphatic carbocycles. The van der Waals surface area contributed by atoms with Crippen molar-refractivity contribution in [1.29, 1.82) is 0 Å². The van der Waals surface area contributed by atoms with Gasteiger partial charge in [0.2, 0.25) is 0 Å². The van der Waals surface area contributed by atoms with Gasteiger partial charge in [0.05, 0.1) is 6.04 Å². The van der Waals surface area contributed by atoms with Gasteiger partial charge in [-0.2, -0.15) is 0 Å². The topological polar surface area (TPSA) is 37.2 Å². The minimum Gasteiger partial charge on any atom is -0.508 e. The number of nitrogens with zero attached hydrogens (tertiary/aromatic N) is 1. The van der Waals surface area contributed by atoms with E-state index in [0.717, 1.165) is 12.8 Å². The number of fused-ring (bicyclic) bond motifs is 1. The first-order valence-corrected chi connectivity index (χ1v) is 5.54. The van der Waals surface area contributed by atoms with E-state index in [-0.39, 0.29) is 0 Å². The van der Waals surface area contributed by atoms with Crippen LogP contribution in [-0.4, -0.2) is 9.78 Å². The third-order valence-corrected chi connectivity index (χ3v) is 3.11. The maximum absolute atomic E-state index is 9.41. The van der Waals surface area contributed by atoms with Crippen LogP contribution in [0, 0.1) is 0 Å². The lowest BCUT2D eigenvalue weighted by molar-refractivity contribution is 0.474. The molecule has 2 aromatic rings. The molecule has 82 valence electrons. The Morgan fingerprint density at radius 2 is 2.06 bits per heavy atom. The van der Waals surface area contributed by atoms with Gasteiger partial charge >= 0.3 is 0 Å². The predicted molar refractivity (Wildman–Crippen MR) is 63.0 cm³/mol. The zero-order chi connectivity index (χ0) is 11.0. The Kier molecular flexibility index (Phi) is 2.10. The molecule has 0 radical (unpaired) electrons. The summed E-state index contributed by atoms with van der Waals surface area (Å²) in [4.78, 5) is 0. The fourth-order valence-electron chi connectivity index (χ4n) is 2.34. The van der Waals surface area contributed by atoms with Crippen molar-refractivity contribution in [2.24, 2.45) is 0 Å². The van der Waals surface area contributed by atoms with Crippen LogP contribution in [0.2, 0.25) is 0 Å². The summed E-state index contributed by atoms with van der Waals surface area (Å²) in [6.45, 7) is 0. The van der Waals surface area contributed by atoms with Gasteiger partial charge in [0.25, 0.3) is 0 Å². The second-order valence-electron chi connectivity index (χ2n) is 4.19. The number of aryl methyl sites for hydroxylation is 1. The van der Waals surface area contributed by atoms with Gasteiger partial charge in [0.15, 0.2) is 0 Å². The Morgan fingerprint density at radius 1 is 1.25 bits per heavy atom. The summed E-state index contributed by atoms with van der Waals surface area (Å²) in [6, 6.07) is 9.99. The van der Waals surface area contributed by atoms with Crippen molar-refractivity contribution in [1.82, 2.24) is 4.68 Å². The van der Waals surface area contributed by atoms with Crippen molar-refractivity contribution in [3.63, 3.8) is 0 Å². The molecule has 1 atom stereocenters. The van der Waals surface area contributed by atoms with Crippen LogP contribution in [-0.2, 0) is 6.42 Å². The molecule has 1 aliphatic rings. The highest BCUT2D eigenvalue weighted by atomic mass is 16.3. The number of aromatic nitrogens is 1. The molecule has 1 aromatic heterocycles. The van der Waals surface area contributed by atoms with E-state index in [9.17, 15) is 5.11 Å². The van der Waals surface area contributed by atoms with Gasteiger partial charge in [0.1, 0.15) is 5.75 Å². The van der Waals surface area contributed by atoms with E-state index in [2.05, 4.69) is 5.43 Å². The average Bonchev–Trinajstić information content (AvgIpc) is 2.89. The molecular formula is C13H14N2O. The van der Waals surface area contributed by atoms with Crippen LogP contribution >= 0.6 is 0 Å². The molecule has 0 bridgehead atoms. The lowest BCUT2D eigenvalue weighted by Gasteiger charge is -2.16. The van der Waals surface area contributed by atoms with Crippen molar-refractivity contribution in [2.75, 3.05) is 5.43 Å². The van der Waals surface area contributed by atoms with Gasteiger partial charge in [-0.05, 0) is 48.2 Å². The van der Waals surface area contributed by atoms with Gasteiger partial charge < -0.3 is 10.5 Å². The number of nitrogens with one attached hydrogen (secondary N) is 1. The lowest BCUT2D eigenvalue weighted by Crippen LogP contribution is -2.17. The monoisotopic (exact) mass is 214 g/mol. The van der Waals surface area contributed by atoms with Crippen LogP contribution in [0.15, 0.2) is 42.7 Å². The first kappa shape index (κ1) is 9.33. The third kappa shape index (κ3) is 1.54. The Hall–Kier alpha value is -1.90. The number of benzene rings is 1. The number of rotatable bonds is 2. The Labute approximate surface area is 94.3 Å². The number of phenolic OH excluding ortho intramolecular Hbond substituents is 1. The molecular weight excluding hydrogens is 200 g/mol. The van der Waals surface area contributed by atoms with E-state index >= 15 is 0 Å². The third-order valence-electron chi connectivity index (χ3n) is 3.11. The molecule has 0 saturated carbocycles. The molecule has 0 amide bonds. The van der Waals surface area contributed by atoms with Crippen LogP contribution < -0.4 is 5.43 Å². The molecule has 3 heteroatoms. The van der Waals surface area contributed by atoms with E-state index in [1.54, 1.807) is 6.07 Å². The van der Waals surface area contributed by atoms with Crippen LogP contribution in [0.4, 0.5) is 0 Å². The van der Waals surface area contributed by atoms with Crippen LogP contribution in [0.25, 0.3) is 0 Å². The molecule has 1 unspecified atom stereocenters. The summed E-state index contributed by atoms with van der Waals surface area (Å²) < 4.78 is 1.98. The fraction of sp³-hybridized carbons (Fsp3) is 0.231. The maximum Gasteiger partial charge on any atom is 0.115 e. The van der Waals surface area contributed by atoms with Crippen molar-refractivity contribution >= 4 is 0 Å². The van der Waals surface area contributed by atoms with E-state index in [4.69, 9.17) is 0 Å². The van der Waals surface area contributed by atoms with Crippen molar-refractivity contribution < 1.29 is 5.11 Å². The zero-order valence-electron chi connectivity index (χ0n) is 8.93. The molecule has 16 heavy (non-hydrogen) atoms. The number of phenols is 1. The molecule has 2 N–H and O–H groups in total. The molecule has 0 aliphatic heterocycles. The molecule has 1 heterocycles. The number of hydrogen-bond acceptors (Lipinski definition) is 2. The Balaban J connectivity index is 1.86. The summed E-state index contributed by atoms with van der Waals surface area (Å²) >= 11 is 0. The molecule has 0 fully saturated rings. The lowest BCUT2D eigenvalue weighted by atomic mass is 10.1. The van der Waals surface area contributed by atoms with Crippen molar-refractivity contribution in [3.8, 4) is 5.75 Å². The normalized spacial score (nSPS) is 18.4. The number of hydrogen-bond donors (Lipinski definition) is 2. The van der Waals surface area contributed by atoms with Gasteiger partial charge in [-0.1, -0.05) is 6.07 Å². The van der Waals surface area contributed by atoms with E-state index < -0.39 is 0 Å². The largest absolute Gasteiger partial charge is 0.508 e. The van der Waals surface area contributed by atoms with Gasteiger partial charge in [-0.25, -0.2) is 0 Å². The standard InChI is InChI=1S/C13H14N2O/c16-11-4-5-12-10(9-11)3-6-13(12)14-15-7-1-2-8-15/h1-2,4-5,7-9,13-14,16H,3,6H2. The fourth-order valence-corrected chi connectivity index (χ4v) is 2.34. The highest BCUT2D eigenvalue weighted by Gasteiger charge is 2.22. The van der Waals surface area contributed by atoms with Gasteiger partial charge in [-0.3, -0.25) is 4.68 Å². The highest BCUT2D eigenvalue weighted by molar-refractivity contribution is 5.41. The van der Waals surface area contributed by atoms with Crippen molar-refractivity contribution in [2.45, 2.75) is 18.9 Å². The van der Waals surface area contributed by atoms with Crippen LogP contribution in [0.3, 0.4) is 0 Å². The second-order valence-corrected chi connectivity index (χ2v) is 4.19. The first-order chi connectivity index (χ1) is 7.83. The molecule has 3 nitrogen and oxygen atoms in total. The molecule has 1 aromatic carbocycles. The van der Waals surface area contributed by atoms with Crippen molar-refractivity contribution in [3.05, 3.63) is 53.9 Å². The Morgan fingerprint density at radius 3 is 2.88 bits per heavy atom. The summed E-state index contributed by atoms with van der Waals surface area (Å²) in [5, 5.41) is 9.41. The quantitative estimate of drug-likeness (QED) is 0.805.